The first-order valence-corrected chi connectivity index (χ1v) is 7.41. The lowest BCUT2D eigenvalue weighted by Crippen LogP contribution is -2.56. The summed E-state index contributed by atoms with van der Waals surface area (Å²) in [4.78, 5) is 13.4. The number of nitrogens with zero attached hydrogens (tertiary/aromatic N) is 1. The van der Waals surface area contributed by atoms with Crippen LogP contribution in [0.2, 0.25) is 5.02 Å². The second-order valence-corrected chi connectivity index (χ2v) is 6.02. The molecule has 1 spiro atoms. The van der Waals surface area contributed by atoms with Crippen LogP contribution in [0.15, 0.2) is 18.2 Å². The SMILES string of the molecule is O=C(O)c1ccc(Cl)c(CN2CCOCC23CCOC3)c1. The highest BCUT2D eigenvalue weighted by Crippen LogP contribution is 2.32. The Hall–Kier alpha value is -1.14. The Morgan fingerprint density at radius 2 is 2.10 bits per heavy atom. The summed E-state index contributed by atoms with van der Waals surface area (Å²) in [5.74, 6) is -0.936. The first-order valence-electron chi connectivity index (χ1n) is 7.03. The molecular weight excluding hydrogens is 294 g/mol. The fourth-order valence-corrected chi connectivity index (χ4v) is 3.18. The van der Waals surface area contributed by atoms with Crippen molar-refractivity contribution in [3.8, 4) is 0 Å². The number of carboxylic acid groups (broad SMARTS) is 1. The van der Waals surface area contributed by atoms with Crippen molar-refractivity contribution in [3.63, 3.8) is 0 Å². The van der Waals surface area contributed by atoms with Gasteiger partial charge in [0, 0.05) is 24.7 Å². The fraction of sp³-hybridized carbons (Fsp3) is 0.533. The molecular formula is C15H18ClNO4. The van der Waals surface area contributed by atoms with E-state index in [1.165, 1.54) is 6.07 Å². The Morgan fingerprint density at radius 1 is 1.33 bits per heavy atom. The van der Waals surface area contributed by atoms with Crippen molar-refractivity contribution >= 4 is 17.6 Å². The van der Waals surface area contributed by atoms with Gasteiger partial charge in [-0.25, -0.2) is 4.79 Å². The van der Waals surface area contributed by atoms with Crippen LogP contribution in [0.25, 0.3) is 0 Å². The molecule has 114 valence electrons. The predicted octanol–water partition coefficient (Wildman–Crippen LogP) is 2.03. The van der Waals surface area contributed by atoms with Gasteiger partial charge in [0.2, 0.25) is 0 Å². The third-order valence-corrected chi connectivity index (χ3v) is 4.65. The summed E-state index contributed by atoms with van der Waals surface area (Å²) in [6, 6.07) is 4.84. The van der Waals surface area contributed by atoms with E-state index in [1.807, 2.05) is 0 Å². The van der Waals surface area contributed by atoms with E-state index in [-0.39, 0.29) is 11.1 Å². The van der Waals surface area contributed by atoms with Crippen LogP contribution in [0.5, 0.6) is 0 Å². The molecule has 2 fully saturated rings. The van der Waals surface area contributed by atoms with Crippen molar-refractivity contribution < 1.29 is 19.4 Å². The molecule has 1 N–H and O–H groups in total. The van der Waals surface area contributed by atoms with Crippen LogP contribution in [-0.2, 0) is 16.0 Å². The van der Waals surface area contributed by atoms with Crippen LogP contribution in [0.4, 0.5) is 0 Å². The average molecular weight is 312 g/mol. The lowest BCUT2D eigenvalue weighted by molar-refractivity contribution is -0.0749. The maximum absolute atomic E-state index is 11.1. The summed E-state index contributed by atoms with van der Waals surface area (Å²) in [7, 11) is 0. The Balaban J connectivity index is 1.84. The Kier molecular flexibility index (Phi) is 4.17. The lowest BCUT2D eigenvalue weighted by atomic mass is 9.95. The molecule has 0 amide bonds. The zero-order chi connectivity index (χ0) is 14.9. The fourth-order valence-electron chi connectivity index (χ4n) is 3.01. The van der Waals surface area contributed by atoms with Crippen LogP contribution in [0, 0.1) is 0 Å². The molecule has 0 saturated carbocycles. The second kappa shape index (κ2) is 5.93. The first-order chi connectivity index (χ1) is 10.1. The minimum absolute atomic E-state index is 0.0964. The molecule has 1 aromatic carbocycles. The smallest absolute Gasteiger partial charge is 0.335 e. The molecule has 6 heteroatoms. The van der Waals surface area contributed by atoms with Crippen LogP contribution >= 0.6 is 11.6 Å². The van der Waals surface area contributed by atoms with Crippen LogP contribution in [0.1, 0.15) is 22.3 Å². The number of hydrogen-bond acceptors (Lipinski definition) is 4. The molecule has 2 saturated heterocycles. The highest BCUT2D eigenvalue weighted by atomic mass is 35.5. The number of carboxylic acids is 1. The third kappa shape index (κ3) is 2.92. The number of ether oxygens (including phenoxy) is 2. The van der Waals surface area contributed by atoms with E-state index in [9.17, 15) is 4.79 Å². The zero-order valence-corrected chi connectivity index (χ0v) is 12.4. The van der Waals surface area contributed by atoms with Crippen molar-refractivity contribution in [1.29, 1.82) is 0 Å². The standard InChI is InChI=1S/C15H18ClNO4/c16-13-2-1-11(14(18)19)7-12(13)8-17-4-6-21-10-15(17)3-5-20-9-15/h1-2,7H,3-6,8-10H2,(H,18,19). The van der Waals surface area contributed by atoms with Crippen LogP contribution < -0.4 is 0 Å². The Morgan fingerprint density at radius 3 is 2.81 bits per heavy atom. The molecule has 5 nitrogen and oxygen atoms in total. The first kappa shape index (κ1) is 14.8. The van der Waals surface area contributed by atoms with Crippen LogP contribution in [0.3, 0.4) is 0 Å². The van der Waals surface area contributed by atoms with Crippen molar-refractivity contribution in [2.75, 3.05) is 33.0 Å². The van der Waals surface area contributed by atoms with Gasteiger partial charge >= 0.3 is 5.97 Å². The molecule has 1 atom stereocenters. The summed E-state index contributed by atoms with van der Waals surface area (Å²) in [5.41, 5.74) is 1.00. The Bertz CT molecular complexity index is 542. The van der Waals surface area contributed by atoms with E-state index >= 15 is 0 Å². The molecule has 0 aliphatic carbocycles. The van der Waals surface area contributed by atoms with Gasteiger partial charge in [0.1, 0.15) is 0 Å². The number of morpholine rings is 1. The van der Waals surface area contributed by atoms with Gasteiger partial charge in [-0.2, -0.15) is 0 Å². The van der Waals surface area contributed by atoms with E-state index in [2.05, 4.69) is 4.90 Å². The number of rotatable bonds is 3. The van der Waals surface area contributed by atoms with Crippen molar-refractivity contribution in [2.45, 2.75) is 18.5 Å². The normalized spacial score (nSPS) is 26.3. The van der Waals surface area contributed by atoms with E-state index in [4.69, 9.17) is 26.2 Å². The zero-order valence-electron chi connectivity index (χ0n) is 11.7. The monoisotopic (exact) mass is 311 g/mol. The molecule has 0 radical (unpaired) electrons. The molecule has 1 unspecified atom stereocenters. The highest BCUT2D eigenvalue weighted by Gasteiger charge is 2.43. The average Bonchev–Trinajstić information content (AvgIpc) is 2.93. The van der Waals surface area contributed by atoms with Gasteiger partial charge in [-0.3, -0.25) is 4.90 Å². The number of aromatic carboxylic acids is 1. The van der Waals surface area contributed by atoms with Gasteiger partial charge in [0.15, 0.2) is 0 Å². The van der Waals surface area contributed by atoms with E-state index in [1.54, 1.807) is 12.1 Å². The summed E-state index contributed by atoms with van der Waals surface area (Å²) in [6.07, 6.45) is 0.934. The van der Waals surface area contributed by atoms with Crippen molar-refractivity contribution in [2.24, 2.45) is 0 Å². The number of halogens is 1. The molecule has 2 aliphatic heterocycles. The highest BCUT2D eigenvalue weighted by molar-refractivity contribution is 6.31. The Labute approximate surface area is 128 Å². The van der Waals surface area contributed by atoms with Gasteiger partial charge in [-0.15, -0.1) is 0 Å². The number of benzene rings is 1. The van der Waals surface area contributed by atoms with Gasteiger partial charge in [-0.1, -0.05) is 11.6 Å². The molecule has 3 rings (SSSR count). The second-order valence-electron chi connectivity index (χ2n) is 5.61. The number of hydrogen-bond donors (Lipinski definition) is 1. The quantitative estimate of drug-likeness (QED) is 0.925. The third-order valence-electron chi connectivity index (χ3n) is 4.28. The predicted molar refractivity (Wildman–Crippen MR) is 77.8 cm³/mol. The maximum Gasteiger partial charge on any atom is 0.335 e. The summed E-state index contributed by atoms with van der Waals surface area (Å²) >= 11 is 6.23. The van der Waals surface area contributed by atoms with Gasteiger partial charge in [0.05, 0.1) is 30.9 Å². The molecule has 0 bridgehead atoms. The van der Waals surface area contributed by atoms with Crippen molar-refractivity contribution in [1.82, 2.24) is 4.90 Å². The number of carbonyl (C=O) groups is 1. The minimum atomic E-state index is -0.936. The summed E-state index contributed by atoms with van der Waals surface area (Å²) in [5, 5.41) is 9.71. The lowest BCUT2D eigenvalue weighted by Gasteiger charge is -2.43. The van der Waals surface area contributed by atoms with E-state index in [0.29, 0.717) is 31.4 Å². The van der Waals surface area contributed by atoms with Gasteiger partial charge in [0.25, 0.3) is 0 Å². The maximum atomic E-state index is 11.1. The van der Waals surface area contributed by atoms with Gasteiger partial charge in [-0.05, 0) is 30.2 Å². The summed E-state index contributed by atoms with van der Waals surface area (Å²) in [6.45, 7) is 4.15. The minimum Gasteiger partial charge on any atom is -0.478 e. The molecule has 1 aromatic rings. The van der Waals surface area contributed by atoms with Gasteiger partial charge < -0.3 is 14.6 Å². The largest absolute Gasteiger partial charge is 0.478 e. The van der Waals surface area contributed by atoms with Crippen molar-refractivity contribution in [3.05, 3.63) is 34.3 Å². The molecule has 2 heterocycles. The van der Waals surface area contributed by atoms with E-state index in [0.717, 1.165) is 25.1 Å². The van der Waals surface area contributed by atoms with Crippen LogP contribution in [-0.4, -0.2) is 54.5 Å². The topological polar surface area (TPSA) is 59.0 Å². The molecule has 0 aromatic heterocycles. The molecule has 21 heavy (non-hydrogen) atoms. The summed E-state index contributed by atoms with van der Waals surface area (Å²) < 4.78 is 11.2. The van der Waals surface area contributed by atoms with E-state index < -0.39 is 5.97 Å². The molecule has 2 aliphatic rings.